The van der Waals surface area contributed by atoms with Crippen molar-refractivity contribution in [3.05, 3.63) is 0 Å². The van der Waals surface area contributed by atoms with Crippen LogP contribution in [-0.4, -0.2) is 17.7 Å². The first-order valence-electron chi connectivity index (χ1n) is 2.22. The standard InChI is InChI=1S/C4H8NO2P/c1-8(6,7)4-2-3-5/h2,4H2,1H3,(H,6,7). The van der Waals surface area contributed by atoms with Crippen LogP contribution in [0.5, 0.6) is 0 Å². The first kappa shape index (κ1) is 7.68. The molecule has 0 saturated carbocycles. The molecule has 0 aromatic carbocycles. The lowest BCUT2D eigenvalue weighted by Gasteiger charge is -1.97. The fourth-order valence-corrected chi connectivity index (χ4v) is 0.772. The quantitative estimate of drug-likeness (QED) is 0.566. The summed E-state index contributed by atoms with van der Waals surface area (Å²) in [6, 6.07) is 1.79. The Morgan fingerprint density at radius 3 is 2.50 bits per heavy atom. The van der Waals surface area contributed by atoms with Gasteiger partial charge in [-0.15, -0.1) is 0 Å². The second kappa shape index (κ2) is 2.86. The molecule has 0 amide bonds. The third-order valence-corrected chi connectivity index (χ3v) is 1.69. The summed E-state index contributed by atoms with van der Waals surface area (Å²) in [7, 11) is -2.90. The van der Waals surface area contributed by atoms with Crippen LogP contribution in [0.4, 0.5) is 0 Å². The van der Waals surface area contributed by atoms with Gasteiger partial charge in [-0.05, 0) is 0 Å². The Kier molecular flexibility index (Phi) is 2.75. The van der Waals surface area contributed by atoms with E-state index in [1.165, 1.54) is 6.66 Å². The van der Waals surface area contributed by atoms with E-state index in [1.807, 2.05) is 0 Å². The van der Waals surface area contributed by atoms with E-state index in [1.54, 1.807) is 6.07 Å². The summed E-state index contributed by atoms with van der Waals surface area (Å²) in [5.41, 5.74) is 0. The summed E-state index contributed by atoms with van der Waals surface area (Å²) >= 11 is 0. The number of rotatable bonds is 2. The van der Waals surface area contributed by atoms with E-state index in [-0.39, 0.29) is 12.6 Å². The predicted molar refractivity (Wildman–Crippen MR) is 30.8 cm³/mol. The topological polar surface area (TPSA) is 61.1 Å². The molecule has 1 N–H and O–H groups in total. The lowest BCUT2D eigenvalue weighted by Crippen LogP contribution is -1.82. The SMILES string of the molecule is CP(=O)(O)CCC#N. The van der Waals surface area contributed by atoms with Crippen LogP contribution >= 0.6 is 7.37 Å². The maximum absolute atomic E-state index is 10.4. The minimum absolute atomic E-state index is 0.115. The van der Waals surface area contributed by atoms with Gasteiger partial charge in [0.05, 0.1) is 6.07 Å². The van der Waals surface area contributed by atoms with Gasteiger partial charge in [-0.3, -0.25) is 4.57 Å². The smallest absolute Gasteiger partial charge is 0.198 e. The second-order valence-corrected chi connectivity index (χ2v) is 4.23. The van der Waals surface area contributed by atoms with Crippen LogP contribution in [0, 0.1) is 11.3 Å². The van der Waals surface area contributed by atoms with E-state index in [2.05, 4.69) is 0 Å². The summed E-state index contributed by atoms with van der Waals surface area (Å²) in [5.74, 6) is 0. The average Bonchev–Trinajstić information content (AvgIpc) is 1.59. The molecule has 0 bridgehead atoms. The highest BCUT2D eigenvalue weighted by atomic mass is 31.2. The summed E-state index contributed by atoms with van der Waals surface area (Å²) in [4.78, 5) is 8.55. The Morgan fingerprint density at radius 1 is 1.88 bits per heavy atom. The third-order valence-electron chi connectivity index (χ3n) is 0.639. The first-order chi connectivity index (χ1) is 3.56. The summed E-state index contributed by atoms with van der Waals surface area (Å²) in [6.07, 6.45) is 0.285. The van der Waals surface area contributed by atoms with Gasteiger partial charge in [0.2, 0.25) is 0 Å². The molecule has 1 atom stereocenters. The van der Waals surface area contributed by atoms with Crippen LogP contribution in [0.25, 0.3) is 0 Å². The van der Waals surface area contributed by atoms with Crippen LogP contribution < -0.4 is 0 Å². The molecule has 8 heavy (non-hydrogen) atoms. The van der Waals surface area contributed by atoms with Crippen molar-refractivity contribution >= 4 is 7.37 Å². The van der Waals surface area contributed by atoms with Crippen molar-refractivity contribution in [1.82, 2.24) is 0 Å². The number of nitriles is 1. The Bertz CT molecular complexity index is 143. The van der Waals surface area contributed by atoms with E-state index >= 15 is 0 Å². The van der Waals surface area contributed by atoms with Crippen LogP contribution in [0.3, 0.4) is 0 Å². The second-order valence-electron chi connectivity index (χ2n) is 1.68. The Morgan fingerprint density at radius 2 is 2.38 bits per heavy atom. The number of hydrogen-bond acceptors (Lipinski definition) is 2. The summed E-state index contributed by atoms with van der Waals surface area (Å²) in [6.45, 7) is 1.25. The highest BCUT2D eigenvalue weighted by molar-refractivity contribution is 7.57. The van der Waals surface area contributed by atoms with Gasteiger partial charge in [0, 0.05) is 19.2 Å². The molecule has 0 aliphatic rings. The minimum atomic E-state index is -2.90. The molecule has 1 unspecified atom stereocenters. The number of hydrogen-bond donors (Lipinski definition) is 1. The maximum Gasteiger partial charge on any atom is 0.198 e. The Hall–Kier alpha value is -0.320. The highest BCUT2D eigenvalue weighted by Gasteiger charge is 2.06. The molecule has 46 valence electrons. The van der Waals surface area contributed by atoms with Crippen LogP contribution in [-0.2, 0) is 4.57 Å². The maximum atomic E-state index is 10.4. The molecule has 4 heteroatoms. The molecule has 0 heterocycles. The molecule has 0 aliphatic heterocycles. The van der Waals surface area contributed by atoms with E-state index in [0.717, 1.165) is 0 Å². The largest absolute Gasteiger partial charge is 0.344 e. The van der Waals surface area contributed by atoms with Gasteiger partial charge in [0.1, 0.15) is 0 Å². The fourth-order valence-electron chi connectivity index (χ4n) is 0.257. The molecule has 0 saturated heterocycles. The van der Waals surface area contributed by atoms with Gasteiger partial charge in [0.15, 0.2) is 7.37 Å². The molecule has 3 nitrogen and oxygen atoms in total. The van der Waals surface area contributed by atoms with Crippen molar-refractivity contribution < 1.29 is 9.46 Å². The molecule has 0 fully saturated rings. The van der Waals surface area contributed by atoms with Gasteiger partial charge in [-0.1, -0.05) is 0 Å². The summed E-state index contributed by atoms with van der Waals surface area (Å²) < 4.78 is 10.4. The predicted octanol–water partition coefficient (Wildman–Crippen LogP) is 0.800. The average molecular weight is 133 g/mol. The Balaban J connectivity index is 3.45. The van der Waals surface area contributed by atoms with Crippen molar-refractivity contribution in [2.24, 2.45) is 0 Å². The van der Waals surface area contributed by atoms with Gasteiger partial charge < -0.3 is 4.89 Å². The van der Waals surface area contributed by atoms with E-state index in [9.17, 15) is 4.57 Å². The number of nitrogens with zero attached hydrogens (tertiary/aromatic N) is 1. The lowest BCUT2D eigenvalue weighted by atomic mass is 10.6. The molecule has 0 aromatic heterocycles. The molecule has 0 aliphatic carbocycles. The highest BCUT2D eigenvalue weighted by Crippen LogP contribution is 2.35. The van der Waals surface area contributed by atoms with Gasteiger partial charge in [0.25, 0.3) is 0 Å². The minimum Gasteiger partial charge on any atom is -0.344 e. The molecule has 0 rings (SSSR count). The molecular formula is C4H8NO2P. The van der Waals surface area contributed by atoms with Crippen molar-refractivity contribution in [2.45, 2.75) is 6.42 Å². The van der Waals surface area contributed by atoms with E-state index in [0.29, 0.717) is 0 Å². The van der Waals surface area contributed by atoms with Crippen LogP contribution in [0.2, 0.25) is 0 Å². The summed E-state index contributed by atoms with van der Waals surface area (Å²) in [5, 5.41) is 7.95. The van der Waals surface area contributed by atoms with E-state index in [4.69, 9.17) is 10.2 Å². The monoisotopic (exact) mass is 133 g/mol. The third kappa shape index (κ3) is 5.68. The van der Waals surface area contributed by atoms with Crippen molar-refractivity contribution in [1.29, 1.82) is 5.26 Å². The van der Waals surface area contributed by atoms with Gasteiger partial charge in [-0.25, -0.2) is 0 Å². The van der Waals surface area contributed by atoms with Crippen molar-refractivity contribution in [3.8, 4) is 6.07 Å². The molecule has 0 spiro atoms. The van der Waals surface area contributed by atoms with Gasteiger partial charge >= 0.3 is 0 Å². The van der Waals surface area contributed by atoms with Crippen molar-refractivity contribution in [2.75, 3.05) is 12.8 Å². The fraction of sp³-hybridized carbons (Fsp3) is 0.750. The van der Waals surface area contributed by atoms with Crippen LogP contribution in [0.1, 0.15) is 6.42 Å². The zero-order valence-electron chi connectivity index (χ0n) is 4.66. The first-order valence-corrected chi connectivity index (χ1v) is 4.52. The zero-order valence-corrected chi connectivity index (χ0v) is 5.56. The van der Waals surface area contributed by atoms with E-state index < -0.39 is 7.37 Å². The molecular weight excluding hydrogens is 125 g/mol. The normalized spacial score (nSPS) is 16.6. The Labute approximate surface area is 48.4 Å². The van der Waals surface area contributed by atoms with Crippen LogP contribution in [0.15, 0.2) is 0 Å². The molecule has 0 aromatic rings. The molecule has 0 radical (unpaired) electrons. The van der Waals surface area contributed by atoms with Gasteiger partial charge in [-0.2, -0.15) is 5.26 Å². The zero-order chi connectivity index (χ0) is 6.62. The van der Waals surface area contributed by atoms with Crippen molar-refractivity contribution in [3.63, 3.8) is 0 Å². The lowest BCUT2D eigenvalue weighted by molar-refractivity contribution is 0.485.